The number of rotatable bonds is 4. The van der Waals surface area contributed by atoms with Crippen molar-refractivity contribution in [3.05, 3.63) is 59.4 Å². The van der Waals surface area contributed by atoms with Gasteiger partial charge in [0.25, 0.3) is 0 Å². The van der Waals surface area contributed by atoms with E-state index in [-0.39, 0.29) is 35.0 Å². The van der Waals surface area contributed by atoms with Crippen LogP contribution in [0.2, 0.25) is 0 Å². The number of aromatic amines is 1. The number of benzene rings is 2. The van der Waals surface area contributed by atoms with Crippen molar-refractivity contribution in [2.24, 2.45) is 11.8 Å². The predicted molar refractivity (Wildman–Crippen MR) is 115 cm³/mol. The van der Waals surface area contributed by atoms with Gasteiger partial charge in [-0.1, -0.05) is 0 Å². The van der Waals surface area contributed by atoms with Crippen LogP contribution in [0.3, 0.4) is 0 Å². The fraction of sp³-hybridized carbons (Fsp3) is 0.400. The Kier molecular flexibility index (Phi) is 4.85. The first-order valence-corrected chi connectivity index (χ1v) is 10.9. The first-order valence-electron chi connectivity index (χ1n) is 10.9. The molecule has 1 saturated heterocycles. The third-order valence-electron chi connectivity index (χ3n) is 7.09. The Bertz CT molecular complexity index is 1180. The van der Waals surface area contributed by atoms with E-state index in [0.717, 1.165) is 11.6 Å². The molecular formula is C25H25F3N2O2. The van der Waals surface area contributed by atoms with Crippen LogP contribution in [0.1, 0.15) is 38.2 Å². The van der Waals surface area contributed by atoms with E-state index >= 15 is 0 Å². The molecule has 32 heavy (non-hydrogen) atoms. The Labute approximate surface area is 184 Å². The Hall–Kier alpha value is -2.80. The summed E-state index contributed by atoms with van der Waals surface area (Å²) in [6.45, 7) is 4.61. The number of halogens is 3. The van der Waals surface area contributed by atoms with Gasteiger partial charge in [-0.15, -0.1) is 0 Å². The molecule has 0 bridgehead atoms. The molecular weight excluding hydrogens is 417 g/mol. The van der Waals surface area contributed by atoms with Gasteiger partial charge in [0.1, 0.15) is 17.5 Å². The van der Waals surface area contributed by atoms with Crippen molar-refractivity contribution in [3.8, 4) is 11.3 Å². The molecule has 5 rings (SSSR count). The number of carbonyl (C=O) groups excluding carboxylic acids is 1. The molecule has 1 aromatic heterocycles. The SMILES string of the molecule is CC(C)(O)C1CN(C(=O)C2CC(c3c(-c4ccc(F)cc4)[nH]c4c(F)cc(F)cc34)C2)C1. The number of hydrogen-bond donors (Lipinski definition) is 2. The number of carbonyl (C=O) groups is 1. The van der Waals surface area contributed by atoms with E-state index in [1.807, 2.05) is 0 Å². The Balaban J connectivity index is 1.42. The van der Waals surface area contributed by atoms with Crippen LogP contribution >= 0.6 is 0 Å². The second kappa shape index (κ2) is 7.37. The van der Waals surface area contributed by atoms with Crippen molar-refractivity contribution in [2.75, 3.05) is 13.1 Å². The van der Waals surface area contributed by atoms with Crippen molar-refractivity contribution in [1.82, 2.24) is 9.88 Å². The summed E-state index contributed by atoms with van der Waals surface area (Å²) in [5, 5.41) is 10.6. The second-order valence-electron chi connectivity index (χ2n) is 9.69. The molecule has 2 aliphatic rings. The molecule has 0 unspecified atom stereocenters. The van der Waals surface area contributed by atoms with E-state index in [4.69, 9.17) is 0 Å². The van der Waals surface area contributed by atoms with Crippen molar-refractivity contribution < 1.29 is 23.1 Å². The number of aromatic nitrogens is 1. The second-order valence-corrected chi connectivity index (χ2v) is 9.69. The fourth-order valence-electron chi connectivity index (χ4n) is 4.93. The minimum Gasteiger partial charge on any atom is -0.390 e. The van der Waals surface area contributed by atoms with Crippen LogP contribution in [-0.2, 0) is 4.79 Å². The van der Waals surface area contributed by atoms with Crippen LogP contribution in [0, 0.1) is 29.3 Å². The summed E-state index contributed by atoms with van der Waals surface area (Å²) >= 11 is 0. The van der Waals surface area contributed by atoms with Crippen molar-refractivity contribution in [1.29, 1.82) is 0 Å². The molecule has 1 amide bonds. The van der Waals surface area contributed by atoms with Crippen molar-refractivity contribution in [2.45, 2.75) is 38.2 Å². The molecule has 1 aliphatic heterocycles. The third-order valence-corrected chi connectivity index (χ3v) is 7.09. The largest absolute Gasteiger partial charge is 0.390 e. The van der Waals surface area contributed by atoms with E-state index < -0.39 is 17.2 Å². The van der Waals surface area contributed by atoms with Gasteiger partial charge in [0.15, 0.2) is 0 Å². The third kappa shape index (κ3) is 3.48. The zero-order chi connectivity index (χ0) is 22.8. The topological polar surface area (TPSA) is 56.3 Å². The molecule has 3 aromatic rings. The van der Waals surface area contributed by atoms with Gasteiger partial charge >= 0.3 is 0 Å². The van der Waals surface area contributed by atoms with E-state index in [1.165, 1.54) is 18.2 Å². The molecule has 2 N–H and O–H groups in total. The van der Waals surface area contributed by atoms with Gasteiger partial charge in [-0.25, -0.2) is 13.2 Å². The molecule has 7 heteroatoms. The van der Waals surface area contributed by atoms with Gasteiger partial charge in [-0.3, -0.25) is 4.79 Å². The molecule has 0 atom stereocenters. The Morgan fingerprint density at radius 1 is 1.06 bits per heavy atom. The molecule has 0 radical (unpaired) electrons. The molecule has 2 fully saturated rings. The zero-order valence-electron chi connectivity index (χ0n) is 18.0. The van der Waals surface area contributed by atoms with Crippen molar-refractivity contribution >= 4 is 16.8 Å². The average molecular weight is 442 g/mol. The lowest BCUT2D eigenvalue weighted by molar-refractivity contribution is -0.152. The maximum Gasteiger partial charge on any atom is 0.225 e. The molecule has 2 heterocycles. The van der Waals surface area contributed by atoms with Gasteiger partial charge in [-0.05, 0) is 74.1 Å². The monoisotopic (exact) mass is 442 g/mol. The summed E-state index contributed by atoms with van der Waals surface area (Å²) in [5.41, 5.74) is 1.49. The lowest BCUT2D eigenvalue weighted by Gasteiger charge is -2.48. The first-order chi connectivity index (χ1) is 15.1. The van der Waals surface area contributed by atoms with Gasteiger partial charge < -0.3 is 15.0 Å². The Morgan fingerprint density at radius 2 is 1.72 bits per heavy atom. The highest BCUT2D eigenvalue weighted by Crippen LogP contribution is 2.49. The molecule has 168 valence electrons. The summed E-state index contributed by atoms with van der Waals surface area (Å²) < 4.78 is 42.0. The molecule has 1 aliphatic carbocycles. The number of aliphatic hydroxyl groups is 1. The van der Waals surface area contributed by atoms with Crippen LogP contribution in [0.15, 0.2) is 36.4 Å². The highest BCUT2D eigenvalue weighted by atomic mass is 19.1. The Morgan fingerprint density at radius 3 is 2.34 bits per heavy atom. The minimum absolute atomic E-state index is 0.0368. The molecule has 0 spiro atoms. The zero-order valence-corrected chi connectivity index (χ0v) is 18.0. The normalized spacial score (nSPS) is 21.5. The van der Waals surface area contributed by atoms with E-state index in [1.54, 1.807) is 30.9 Å². The summed E-state index contributed by atoms with van der Waals surface area (Å²) in [4.78, 5) is 17.7. The number of likely N-dealkylation sites (tertiary alicyclic amines) is 1. The van der Waals surface area contributed by atoms with Crippen LogP contribution in [-0.4, -0.2) is 39.6 Å². The lowest BCUT2D eigenvalue weighted by Crippen LogP contribution is -2.59. The smallest absolute Gasteiger partial charge is 0.225 e. The number of hydrogen-bond acceptors (Lipinski definition) is 2. The van der Waals surface area contributed by atoms with Gasteiger partial charge in [0, 0.05) is 36.4 Å². The fourth-order valence-corrected chi connectivity index (χ4v) is 4.93. The first kappa shape index (κ1) is 21.1. The lowest BCUT2D eigenvalue weighted by atomic mass is 9.69. The highest BCUT2D eigenvalue weighted by Gasteiger charge is 2.45. The van der Waals surface area contributed by atoms with Gasteiger partial charge in [0.05, 0.1) is 16.8 Å². The maximum absolute atomic E-state index is 14.5. The maximum atomic E-state index is 14.5. The van der Waals surface area contributed by atoms with E-state index in [2.05, 4.69) is 4.98 Å². The average Bonchev–Trinajstić information content (AvgIpc) is 2.98. The molecule has 1 saturated carbocycles. The summed E-state index contributed by atoms with van der Waals surface area (Å²) in [6.07, 6.45) is 1.17. The number of nitrogens with zero attached hydrogens (tertiary/aromatic N) is 1. The van der Waals surface area contributed by atoms with Crippen LogP contribution in [0.25, 0.3) is 22.2 Å². The molecule has 4 nitrogen and oxygen atoms in total. The van der Waals surface area contributed by atoms with Gasteiger partial charge in [-0.2, -0.15) is 0 Å². The molecule has 2 aromatic carbocycles. The van der Waals surface area contributed by atoms with E-state index in [9.17, 15) is 23.1 Å². The summed E-state index contributed by atoms with van der Waals surface area (Å²) in [7, 11) is 0. The number of nitrogens with one attached hydrogen (secondary N) is 1. The number of H-pyrrole nitrogens is 1. The van der Waals surface area contributed by atoms with Gasteiger partial charge in [0.2, 0.25) is 5.91 Å². The van der Waals surface area contributed by atoms with Crippen LogP contribution in [0.4, 0.5) is 13.2 Å². The highest BCUT2D eigenvalue weighted by molar-refractivity contribution is 5.92. The number of fused-ring (bicyclic) bond motifs is 1. The number of amides is 1. The van der Waals surface area contributed by atoms with E-state index in [0.29, 0.717) is 42.6 Å². The predicted octanol–water partition coefficient (Wildman–Crippen LogP) is 4.98. The van der Waals surface area contributed by atoms with Crippen molar-refractivity contribution in [3.63, 3.8) is 0 Å². The summed E-state index contributed by atoms with van der Waals surface area (Å²) in [6, 6.07) is 8.03. The van der Waals surface area contributed by atoms with Crippen LogP contribution < -0.4 is 0 Å². The quantitative estimate of drug-likeness (QED) is 0.599. The van der Waals surface area contributed by atoms with Crippen LogP contribution in [0.5, 0.6) is 0 Å². The standard InChI is InChI=1S/C25H25F3N2O2/c1-25(2,32)16-11-30(12-16)24(31)15-7-14(8-15)21-19-9-18(27)10-20(28)23(19)29-22(21)13-3-5-17(26)6-4-13/h3-6,9-10,14-16,29,32H,7-8,11-12H2,1-2H3. The minimum atomic E-state index is -0.804. The summed E-state index contributed by atoms with van der Waals surface area (Å²) in [5.74, 6) is -1.76.